The van der Waals surface area contributed by atoms with Gasteiger partial charge in [0, 0.05) is 24.6 Å². The minimum absolute atomic E-state index is 0.0807. The van der Waals surface area contributed by atoms with E-state index in [0.717, 1.165) is 0 Å². The number of amides is 2. The van der Waals surface area contributed by atoms with Gasteiger partial charge in [-0.25, -0.2) is 4.39 Å². The fourth-order valence-corrected chi connectivity index (χ4v) is 2.31. The van der Waals surface area contributed by atoms with Crippen LogP contribution in [0.4, 0.5) is 10.1 Å². The van der Waals surface area contributed by atoms with Crippen molar-refractivity contribution < 1.29 is 14.0 Å². The molecule has 0 spiro atoms. The third kappa shape index (κ3) is 2.76. The van der Waals surface area contributed by atoms with Gasteiger partial charge in [0.05, 0.1) is 5.92 Å². The molecule has 0 fully saturated rings. The highest BCUT2D eigenvalue weighted by molar-refractivity contribution is 6.03. The van der Waals surface area contributed by atoms with Gasteiger partial charge in [-0.3, -0.25) is 14.3 Å². The maximum Gasteiger partial charge on any atom is 0.241 e. The largest absolute Gasteiger partial charge is 0.353 e. The van der Waals surface area contributed by atoms with Crippen LogP contribution >= 0.6 is 0 Å². The molecule has 2 amide bonds. The Morgan fingerprint density at radius 2 is 2.33 bits per heavy atom. The van der Waals surface area contributed by atoms with Crippen LogP contribution in [0.15, 0.2) is 36.7 Å². The molecule has 3 rings (SSSR count). The summed E-state index contributed by atoms with van der Waals surface area (Å²) < 4.78 is 14.8. The Bertz CT molecular complexity index is 684. The van der Waals surface area contributed by atoms with Crippen LogP contribution in [0.2, 0.25) is 0 Å². The van der Waals surface area contributed by atoms with Gasteiger partial charge in [0.25, 0.3) is 0 Å². The predicted molar refractivity (Wildman–Crippen MR) is 73.0 cm³/mol. The van der Waals surface area contributed by atoms with E-state index in [4.69, 9.17) is 0 Å². The number of nitrogens with one attached hydrogen (secondary N) is 2. The fraction of sp³-hybridized carbons (Fsp3) is 0.214. The summed E-state index contributed by atoms with van der Waals surface area (Å²) in [4.78, 5) is 23.6. The lowest BCUT2D eigenvalue weighted by Crippen LogP contribution is -2.33. The van der Waals surface area contributed by atoms with Crippen LogP contribution < -0.4 is 10.6 Å². The molecule has 21 heavy (non-hydrogen) atoms. The number of fused-ring (bicyclic) bond motifs is 1. The molecule has 0 bridgehead atoms. The second kappa shape index (κ2) is 5.35. The number of benzene rings is 1. The molecule has 1 atom stereocenters. The van der Waals surface area contributed by atoms with Crippen LogP contribution in [0, 0.1) is 5.82 Å². The van der Waals surface area contributed by atoms with E-state index in [1.807, 2.05) is 0 Å². The Kier molecular flexibility index (Phi) is 3.39. The topological polar surface area (TPSA) is 76.0 Å². The monoisotopic (exact) mass is 288 g/mol. The molecule has 2 aromatic rings. The predicted octanol–water partition coefficient (Wildman–Crippen LogP) is 0.874. The van der Waals surface area contributed by atoms with Crippen LogP contribution in [0.5, 0.6) is 0 Å². The number of hydrogen-bond donors (Lipinski definition) is 2. The standard InChI is InChI=1S/C14H13FN4O2/c15-9-2-3-12-10(6-9)11(14(21)18-12)7-16-13(20)8-19-5-1-4-17-19/h1-6,11H,7-8H2,(H,16,20)(H,18,21)/t11-/m0/s1. The van der Waals surface area contributed by atoms with Gasteiger partial charge in [-0.15, -0.1) is 0 Å². The van der Waals surface area contributed by atoms with Crippen LogP contribution in [-0.2, 0) is 16.1 Å². The van der Waals surface area contributed by atoms with Gasteiger partial charge < -0.3 is 10.6 Å². The van der Waals surface area contributed by atoms with Crippen molar-refractivity contribution in [3.05, 3.63) is 48.0 Å². The molecule has 2 N–H and O–H groups in total. The molecule has 108 valence electrons. The molecule has 1 aromatic heterocycles. The molecule has 0 saturated carbocycles. The van der Waals surface area contributed by atoms with Gasteiger partial charge in [-0.1, -0.05) is 0 Å². The molecule has 1 aliphatic heterocycles. The zero-order chi connectivity index (χ0) is 14.8. The fourth-order valence-electron chi connectivity index (χ4n) is 2.31. The van der Waals surface area contributed by atoms with Crippen molar-refractivity contribution in [2.24, 2.45) is 0 Å². The summed E-state index contributed by atoms with van der Waals surface area (Å²) in [5, 5.41) is 9.27. The van der Waals surface area contributed by atoms with Crippen LogP contribution in [0.25, 0.3) is 0 Å². The Morgan fingerprint density at radius 3 is 3.10 bits per heavy atom. The van der Waals surface area contributed by atoms with Crippen molar-refractivity contribution >= 4 is 17.5 Å². The van der Waals surface area contributed by atoms with E-state index in [2.05, 4.69) is 15.7 Å². The number of anilines is 1. The highest BCUT2D eigenvalue weighted by Gasteiger charge is 2.31. The highest BCUT2D eigenvalue weighted by atomic mass is 19.1. The lowest BCUT2D eigenvalue weighted by atomic mass is 10.0. The summed E-state index contributed by atoms with van der Waals surface area (Å²) in [6, 6.07) is 5.85. The van der Waals surface area contributed by atoms with Crippen molar-refractivity contribution in [3.63, 3.8) is 0 Å². The number of carbonyl (C=O) groups is 2. The molecule has 7 heteroatoms. The summed E-state index contributed by atoms with van der Waals surface area (Å²) in [6.07, 6.45) is 3.25. The summed E-state index contributed by atoms with van der Waals surface area (Å²) in [5.74, 6) is -1.47. The van der Waals surface area contributed by atoms with Crippen molar-refractivity contribution in [2.75, 3.05) is 11.9 Å². The third-order valence-corrected chi connectivity index (χ3v) is 3.33. The lowest BCUT2D eigenvalue weighted by Gasteiger charge is -2.10. The molecule has 0 radical (unpaired) electrons. The smallest absolute Gasteiger partial charge is 0.241 e. The molecule has 1 aromatic carbocycles. The van der Waals surface area contributed by atoms with Crippen LogP contribution in [0.3, 0.4) is 0 Å². The zero-order valence-corrected chi connectivity index (χ0v) is 11.0. The first kappa shape index (κ1) is 13.3. The van der Waals surface area contributed by atoms with Gasteiger partial charge >= 0.3 is 0 Å². The van der Waals surface area contributed by atoms with Gasteiger partial charge in [0.2, 0.25) is 11.8 Å². The van der Waals surface area contributed by atoms with E-state index in [9.17, 15) is 14.0 Å². The number of aromatic nitrogens is 2. The van der Waals surface area contributed by atoms with E-state index in [1.165, 1.54) is 22.9 Å². The highest BCUT2D eigenvalue weighted by Crippen LogP contribution is 2.32. The third-order valence-electron chi connectivity index (χ3n) is 3.33. The second-order valence-electron chi connectivity index (χ2n) is 4.78. The van der Waals surface area contributed by atoms with Gasteiger partial charge in [-0.2, -0.15) is 5.10 Å². The van der Waals surface area contributed by atoms with E-state index >= 15 is 0 Å². The van der Waals surface area contributed by atoms with Gasteiger partial charge in [-0.05, 0) is 29.8 Å². The maximum atomic E-state index is 13.3. The first-order valence-corrected chi connectivity index (χ1v) is 6.48. The molecule has 6 nitrogen and oxygen atoms in total. The minimum Gasteiger partial charge on any atom is -0.353 e. The molecule has 0 aliphatic carbocycles. The summed E-state index contributed by atoms with van der Waals surface area (Å²) >= 11 is 0. The maximum absolute atomic E-state index is 13.3. The zero-order valence-electron chi connectivity index (χ0n) is 11.0. The van der Waals surface area contributed by atoms with Crippen molar-refractivity contribution in [1.29, 1.82) is 0 Å². The first-order valence-electron chi connectivity index (χ1n) is 6.48. The Balaban J connectivity index is 1.64. The number of halogens is 1. The summed E-state index contributed by atoms with van der Waals surface area (Å²) in [6.45, 7) is 0.208. The second-order valence-corrected chi connectivity index (χ2v) is 4.78. The van der Waals surface area contributed by atoms with Crippen molar-refractivity contribution in [3.8, 4) is 0 Å². The van der Waals surface area contributed by atoms with E-state index in [1.54, 1.807) is 18.5 Å². The lowest BCUT2D eigenvalue weighted by molar-refractivity contribution is -0.122. The average Bonchev–Trinajstić information content (AvgIpc) is 3.04. The van der Waals surface area contributed by atoms with E-state index < -0.39 is 11.7 Å². The Hall–Kier alpha value is -2.70. The van der Waals surface area contributed by atoms with Crippen molar-refractivity contribution in [1.82, 2.24) is 15.1 Å². The van der Waals surface area contributed by atoms with Gasteiger partial charge in [0.1, 0.15) is 12.4 Å². The molecule has 2 heterocycles. The van der Waals surface area contributed by atoms with Crippen LogP contribution in [0.1, 0.15) is 11.5 Å². The number of carbonyl (C=O) groups excluding carboxylic acids is 2. The number of rotatable bonds is 4. The van der Waals surface area contributed by atoms with E-state index in [0.29, 0.717) is 11.3 Å². The summed E-state index contributed by atoms with van der Waals surface area (Å²) in [7, 11) is 0. The first-order chi connectivity index (χ1) is 10.1. The molecular weight excluding hydrogens is 275 g/mol. The Morgan fingerprint density at radius 1 is 1.48 bits per heavy atom. The van der Waals surface area contributed by atoms with Crippen LogP contribution in [-0.4, -0.2) is 28.1 Å². The normalized spacial score (nSPS) is 16.4. The number of nitrogens with zero attached hydrogens (tertiary/aromatic N) is 2. The molecular formula is C14H13FN4O2. The Labute approximate surface area is 120 Å². The van der Waals surface area contributed by atoms with Gasteiger partial charge in [0.15, 0.2) is 0 Å². The minimum atomic E-state index is -0.572. The van der Waals surface area contributed by atoms with E-state index in [-0.39, 0.29) is 24.9 Å². The SMILES string of the molecule is O=C(Cn1cccn1)NC[C@@H]1C(=O)Nc2ccc(F)cc21. The summed E-state index contributed by atoms with van der Waals surface area (Å²) in [5.41, 5.74) is 1.16. The molecule has 0 saturated heterocycles. The van der Waals surface area contributed by atoms with Crippen molar-refractivity contribution in [2.45, 2.75) is 12.5 Å². The average molecular weight is 288 g/mol. The molecule has 0 unspecified atom stereocenters. The number of hydrogen-bond acceptors (Lipinski definition) is 3. The molecule has 1 aliphatic rings. The quantitative estimate of drug-likeness (QED) is 0.876.